The van der Waals surface area contributed by atoms with Crippen molar-refractivity contribution in [3.8, 4) is 17.6 Å². The monoisotopic (exact) mass is 292 g/mol. The van der Waals surface area contributed by atoms with Crippen molar-refractivity contribution in [1.82, 2.24) is 4.98 Å². The fourth-order valence-electron chi connectivity index (χ4n) is 1.22. The van der Waals surface area contributed by atoms with Gasteiger partial charge in [-0.25, -0.2) is 4.39 Å². The van der Waals surface area contributed by atoms with E-state index in [4.69, 9.17) is 10.00 Å². The first-order valence-corrected chi connectivity index (χ1v) is 5.47. The van der Waals surface area contributed by atoms with E-state index in [1.54, 1.807) is 18.5 Å². The Hall–Kier alpha value is -1.93. The molecule has 0 amide bonds. The van der Waals surface area contributed by atoms with Gasteiger partial charge in [0, 0.05) is 18.5 Å². The van der Waals surface area contributed by atoms with E-state index < -0.39 is 5.82 Å². The Labute approximate surface area is 106 Å². The van der Waals surface area contributed by atoms with Crippen molar-refractivity contribution < 1.29 is 9.13 Å². The summed E-state index contributed by atoms with van der Waals surface area (Å²) in [5, 5.41) is 8.61. The molecule has 0 atom stereocenters. The van der Waals surface area contributed by atoms with Crippen LogP contribution in [0.25, 0.3) is 0 Å². The molecule has 84 valence electrons. The molecule has 0 unspecified atom stereocenters. The van der Waals surface area contributed by atoms with Gasteiger partial charge in [-0.1, -0.05) is 0 Å². The van der Waals surface area contributed by atoms with Crippen molar-refractivity contribution in [2.45, 2.75) is 0 Å². The van der Waals surface area contributed by atoms with E-state index in [9.17, 15) is 4.39 Å². The van der Waals surface area contributed by atoms with Crippen molar-refractivity contribution >= 4 is 15.9 Å². The van der Waals surface area contributed by atoms with E-state index in [2.05, 4.69) is 20.9 Å². The first kappa shape index (κ1) is 11.6. The number of nitriles is 1. The van der Waals surface area contributed by atoms with Gasteiger partial charge in [0.15, 0.2) is 11.6 Å². The molecule has 0 aliphatic carbocycles. The summed E-state index contributed by atoms with van der Waals surface area (Å²) in [5.74, 6) is -0.0488. The van der Waals surface area contributed by atoms with E-state index in [0.717, 1.165) is 6.07 Å². The number of hydrogen-bond donors (Lipinski definition) is 0. The minimum atomic E-state index is -0.576. The number of halogens is 2. The summed E-state index contributed by atoms with van der Waals surface area (Å²) in [7, 11) is 0. The molecule has 1 aromatic carbocycles. The molecule has 17 heavy (non-hydrogen) atoms. The maximum atomic E-state index is 13.5. The molecule has 0 spiro atoms. The van der Waals surface area contributed by atoms with E-state index in [0.29, 0.717) is 10.2 Å². The van der Waals surface area contributed by atoms with Gasteiger partial charge in [0.2, 0.25) is 0 Å². The first-order chi connectivity index (χ1) is 8.20. The zero-order valence-corrected chi connectivity index (χ0v) is 10.1. The standard InChI is InChI=1S/C12H6BrFN2O/c13-9-7-16-4-3-11(9)17-12-2-1-8(6-15)5-10(12)14/h1-5,7H. The number of aromatic nitrogens is 1. The van der Waals surface area contributed by atoms with Crippen LogP contribution in [0.1, 0.15) is 5.56 Å². The molecule has 1 heterocycles. The van der Waals surface area contributed by atoms with Crippen molar-refractivity contribution in [3.63, 3.8) is 0 Å². The van der Waals surface area contributed by atoms with E-state index in [1.165, 1.54) is 12.1 Å². The second kappa shape index (κ2) is 4.93. The quantitative estimate of drug-likeness (QED) is 0.849. The average Bonchev–Trinajstić information content (AvgIpc) is 2.34. The van der Waals surface area contributed by atoms with Crippen molar-refractivity contribution in [1.29, 1.82) is 5.26 Å². The number of nitrogens with zero attached hydrogens (tertiary/aromatic N) is 2. The van der Waals surface area contributed by atoms with Crippen LogP contribution in [0.15, 0.2) is 41.1 Å². The predicted molar refractivity (Wildman–Crippen MR) is 63.1 cm³/mol. The van der Waals surface area contributed by atoms with Crippen LogP contribution in [0.3, 0.4) is 0 Å². The number of hydrogen-bond acceptors (Lipinski definition) is 3. The Morgan fingerprint density at radius 2 is 2.12 bits per heavy atom. The Balaban J connectivity index is 2.32. The minimum Gasteiger partial charge on any atom is -0.453 e. The third-order valence-corrected chi connectivity index (χ3v) is 2.61. The smallest absolute Gasteiger partial charge is 0.167 e. The van der Waals surface area contributed by atoms with Gasteiger partial charge in [0.25, 0.3) is 0 Å². The maximum absolute atomic E-state index is 13.5. The van der Waals surface area contributed by atoms with E-state index in [-0.39, 0.29) is 11.3 Å². The van der Waals surface area contributed by atoms with Crippen LogP contribution in [0.2, 0.25) is 0 Å². The first-order valence-electron chi connectivity index (χ1n) is 4.67. The molecular weight excluding hydrogens is 287 g/mol. The van der Waals surface area contributed by atoms with Crippen LogP contribution < -0.4 is 4.74 Å². The van der Waals surface area contributed by atoms with Crippen molar-refractivity contribution in [2.24, 2.45) is 0 Å². The topological polar surface area (TPSA) is 45.9 Å². The van der Waals surface area contributed by atoms with Crippen LogP contribution in [0, 0.1) is 17.1 Å². The summed E-state index contributed by atoms with van der Waals surface area (Å²) in [6.07, 6.45) is 3.10. The van der Waals surface area contributed by atoms with Gasteiger partial charge < -0.3 is 4.74 Å². The molecule has 0 saturated heterocycles. The molecule has 5 heteroatoms. The summed E-state index contributed by atoms with van der Waals surface area (Å²) < 4.78 is 19.5. The summed E-state index contributed by atoms with van der Waals surface area (Å²) in [5.41, 5.74) is 0.253. The largest absolute Gasteiger partial charge is 0.453 e. The molecule has 3 nitrogen and oxygen atoms in total. The van der Waals surface area contributed by atoms with Gasteiger partial charge in [0.05, 0.1) is 16.1 Å². The van der Waals surface area contributed by atoms with Crippen LogP contribution >= 0.6 is 15.9 Å². The second-order valence-electron chi connectivity index (χ2n) is 3.17. The lowest BCUT2D eigenvalue weighted by molar-refractivity contribution is 0.439. The molecule has 1 aromatic heterocycles. The summed E-state index contributed by atoms with van der Waals surface area (Å²) >= 11 is 3.24. The van der Waals surface area contributed by atoms with Crippen LogP contribution in [0.4, 0.5) is 4.39 Å². The van der Waals surface area contributed by atoms with Gasteiger partial charge >= 0.3 is 0 Å². The summed E-state index contributed by atoms with van der Waals surface area (Å²) in [4.78, 5) is 3.87. The third-order valence-electron chi connectivity index (χ3n) is 2.02. The number of benzene rings is 1. The van der Waals surface area contributed by atoms with E-state index in [1.807, 2.05) is 6.07 Å². The molecule has 0 radical (unpaired) electrons. The molecule has 0 fully saturated rings. The van der Waals surface area contributed by atoms with Gasteiger partial charge in [-0.05, 0) is 34.1 Å². The lowest BCUT2D eigenvalue weighted by atomic mass is 10.2. The Bertz CT molecular complexity index is 595. The molecule has 0 aliphatic rings. The van der Waals surface area contributed by atoms with Gasteiger partial charge in [-0.2, -0.15) is 5.26 Å². The number of ether oxygens (including phenoxy) is 1. The fourth-order valence-corrected chi connectivity index (χ4v) is 1.55. The maximum Gasteiger partial charge on any atom is 0.167 e. The normalized spacial score (nSPS) is 9.71. The van der Waals surface area contributed by atoms with Crippen LogP contribution in [-0.2, 0) is 0 Å². The molecule has 0 saturated carbocycles. The Morgan fingerprint density at radius 1 is 1.29 bits per heavy atom. The SMILES string of the molecule is N#Cc1ccc(Oc2ccncc2Br)c(F)c1. The number of pyridine rings is 1. The van der Waals surface area contributed by atoms with Crippen molar-refractivity contribution in [2.75, 3.05) is 0 Å². The highest BCUT2D eigenvalue weighted by Gasteiger charge is 2.08. The zero-order valence-electron chi connectivity index (χ0n) is 8.52. The average molecular weight is 293 g/mol. The van der Waals surface area contributed by atoms with E-state index >= 15 is 0 Å². The molecular formula is C12H6BrFN2O. The Kier molecular flexibility index (Phi) is 3.35. The lowest BCUT2D eigenvalue weighted by Crippen LogP contribution is -1.90. The van der Waals surface area contributed by atoms with Gasteiger partial charge in [-0.15, -0.1) is 0 Å². The van der Waals surface area contributed by atoms with Gasteiger partial charge in [-0.3, -0.25) is 4.98 Å². The lowest BCUT2D eigenvalue weighted by Gasteiger charge is -2.07. The number of rotatable bonds is 2. The highest BCUT2D eigenvalue weighted by atomic mass is 79.9. The molecule has 2 aromatic rings. The van der Waals surface area contributed by atoms with Crippen LogP contribution in [-0.4, -0.2) is 4.98 Å². The molecule has 0 bridgehead atoms. The third kappa shape index (κ3) is 2.60. The van der Waals surface area contributed by atoms with Crippen LogP contribution in [0.5, 0.6) is 11.5 Å². The van der Waals surface area contributed by atoms with Crippen molar-refractivity contribution in [3.05, 3.63) is 52.5 Å². The predicted octanol–water partition coefficient (Wildman–Crippen LogP) is 3.65. The highest BCUT2D eigenvalue weighted by molar-refractivity contribution is 9.10. The second-order valence-corrected chi connectivity index (χ2v) is 4.02. The minimum absolute atomic E-state index is 0.0656. The molecule has 0 N–H and O–H groups in total. The Morgan fingerprint density at radius 3 is 2.76 bits per heavy atom. The zero-order chi connectivity index (χ0) is 12.3. The summed E-state index contributed by atoms with van der Waals surface area (Å²) in [6.45, 7) is 0. The molecule has 0 aliphatic heterocycles. The highest BCUT2D eigenvalue weighted by Crippen LogP contribution is 2.30. The summed E-state index contributed by atoms with van der Waals surface area (Å²) in [6, 6.07) is 7.51. The fraction of sp³-hybridized carbons (Fsp3) is 0. The van der Waals surface area contributed by atoms with Gasteiger partial charge in [0.1, 0.15) is 5.75 Å². The molecule has 2 rings (SSSR count).